The summed E-state index contributed by atoms with van der Waals surface area (Å²) in [6, 6.07) is 0.827. The van der Waals surface area contributed by atoms with Gasteiger partial charge in [-0.3, -0.25) is 0 Å². The van der Waals surface area contributed by atoms with Crippen LogP contribution < -0.4 is 5.32 Å². The van der Waals surface area contributed by atoms with Crippen LogP contribution in [-0.2, 0) is 0 Å². The van der Waals surface area contributed by atoms with E-state index in [4.69, 9.17) is 0 Å². The highest BCUT2D eigenvalue weighted by Gasteiger charge is 2.28. The molecular weight excluding hydrogens is 194 g/mol. The average Bonchev–Trinajstić information content (AvgIpc) is 3.08. The Bertz CT molecular complexity index is 198. The Kier molecular flexibility index (Phi) is 4.69. The molecule has 2 rings (SSSR count). The molecule has 94 valence electrons. The number of rotatable bonds is 6. The molecule has 2 fully saturated rings. The second-order valence-electron chi connectivity index (χ2n) is 6.22. The molecule has 1 N–H and O–H groups in total. The van der Waals surface area contributed by atoms with Crippen molar-refractivity contribution in [3.05, 3.63) is 0 Å². The molecule has 2 aliphatic carbocycles. The summed E-state index contributed by atoms with van der Waals surface area (Å²) in [6.07, 6.45) is 11.8. The van der Waals surface area contributed by atoms with Crippen LogP contribution in [0.3, 0.4) is 0 Å². The maximum Gasteiger partial charge on any atom is 0.00954 e. The summed E-state index contributed by atoms with van der Waals surface area (Å²) in [4.78, 5) is 0. The smallest absolute Gasteiger partial charge is 0.00954 e. The van der Waals surface area contributed by atoms with E-state index in [1.807, 2.05) is 0 Å². The van der Waals surface area contributed by atoms with Crippen LogP contribution in [0.2, 0.25) is 0 Å². The first-order valence-electron chi connectivity index (χ1n) is 7.53. The molecule has 3 unspecified atom stereocenters. The third-order valence-corrected chi connectivity index (χ3v) is 4.60. The van der Waals surface area contributed by atoms with Gasteiger partial charge in [-0.2, -0.15) is 0 Å². The lowest BCUT2D eigenvalue weighted by atomic mass is 9.77. The van der Waals surface area contributed by atoms with Crippen molar-refractivity contribution < 1.29 is 0 Å². The molecule has 0 aromatic carbocycles. The number of nitrogens with one attached hydrogen (secondary N) is 1. The molecule has 16 heavy (non-hydrogen) atoms. The van der Waals surface area contributed by atoms with Crippen LogP contribution in [0.4, 0.5) is 0 Å². The molecule has 0 amide bonds. The van der Waals surface area contributed by atoms with Crippen molar-refractivity contribution in [1.29, 1.82) is 0 Å². The first-order valence-corrected chi connectivity index (χ1v) is 7.53. The molecule has 3 atom stereocenters. The topological polar surface area (TPSA) is 12.0 Å². The number of hydrogen-bond acceptors (Lipinski definition) is 1. The van der Waals surface area contributed by atoms with Gasteiger partial charge in [-0.05, 0) is 50.0 Å². The molecule has 0 heterocycles. The van der Waals surface area contributed by atoms with Crippen LogP contribution in [0.25, 0.3) is 0 Å². The van der Waals surface area contributed by atoms with E-state index in [1.54, 1.807) is 0 Å². The molecule has 2 saturated carbocycles. The summed E-state index contributed by atoms with van der Waals surface area (Å²) in [5.74, 6) is 3.05. The monoisotopic (exact) mass is 223 g/mol. The molecule has 0 aromatic heterocycles. The van der Waals surface area contributed by atoms with E-state index >= 15 is 0 Å². The Balaban J connectivity index is 1.78. The fourth-order valence-corrected chi connectivity index (χ4v) is 3.43. The number of hydrogen-bond donors (Lipinski definition) is 1. The van der Waals surface area contributed by atoms with Crippen LogP contribution in [0.1, 0.15) is 65.2 Å². The van der Waals surface area contributed by atoms with E-state index in [9.17, 15) is 0 Å². The van der Waals surface area contributed by atoms with E-state index in [2.05, 4.69) is 19.2 Å². The zero-order chi connectivity index (χ0) is 11.4. The third-order valence-electron chi connectivity index (χ3n) is 4.60. The third kappa shape index (κ3) is 3.76. The molecule has 0 bridgehead atoms. The molecule has 0 saturated heterocycles. The normalized spacial score (nSPS) is 32.6. The fraction of sp³-hybridized carbons (Fsp3) is 1.00. The van der Waals surface area contributed by atoms with Gasteiger partial charge in [-0.25, -0.2) is 0 Å². The van der Waals surface area contributed by atoms with Crippen LogP contribution in [0.15, 0.2) is 0 Å². The van der Waals surface area contributed by atoms with Crippen LogP contribution in [-0.4, -0.2) is 12.6 Å². The second-order valence-corrected chi connectivity index (χ2v) is 6.22. The summed E-state index contributed by atoms with van der Waals surface area (Å²) in [7, 11) is 0. The summed E-state index contributed by atoms with van der Waals surface area (Å²) < 4.78 is 0. The SMILES string of the molecule is CCNC(CCC1CC1)C1CCCC(C)C1. The van der Waals surface area contributed by atoms with E-state index in [0.717, 1.165) is 30.3 Å². The minimum absolute atomic E-state index is 0.827. The Morgan fingerprint density at radius 1 is 1.19 bits per heavy atom. The predicted molar refractivity (Wildman–Crippen MR) is 70.5 cm³/mol. The second kappa shape index (κ2) is 6.05. The minimum atomic E-state index is 0.827. The van der Waals surface area contributed by atoms with E-state index < -0.39 is 0 Å². The zero-order valence-corrected chi connectivity index (χ0v) is 11.2. The highest BCUT2D eigenvalue weighted by molar-refractivity contribution is 4.83. The summed E-state index contributed by atoms with van der Waals surface area (Å²) in [5.41, 5.74) is 0. The van der Waals surface area contributed by atoms with Gasteiger partial charge in [0.25, 0.3) is 0 Å². The van der Waals surface area contributed by atoms with Crippen molar-refractivity contribution in [2.24, 2.45) is 17.8 Å². The zero-order valence-electron chi connectivity index (χ0n) is 11.2. The lowest BCUT2D eigenvalue weighted by Crippen LogP contribution is -2.38. The molecule has 0 aliphatic heterocycles. The quantitative estimate of drug-likeness (QED) is 0.718. The van der Waals surface area contributed by atoms with Gasteiger partial charge >= 0.3 is 0 Å². The van der Waals surface area contributed by atoms with Gasteiger partial charge < -0.3 is 5.32 Å². The molecule has 0 radical (unpaired) electrons. The molecule has 1 heteroatoms. The molecule has 0 spiro atoms. The highest BCUT2D eigenvalue weighted by Crippen LogP contribution is 2.37. The first-order chi connectivity index (χ1) is 7.79. The van der Waals surface area contributed by atoms with E-state index in [-0.39, 0.29) is 0 Å². The first kappa shape index (κ1) is 12.4. The maximum absolute atomic E-state index is 3.76. The minimum Gasteiger partial charge on any atom is -0.314 e. The van der Waals surface area contributed by atoms with Crippen molar-refractivity contribution in [2.45, 2.75) is 71.3 Å². The van der Waals surface area contributed by atoms with E-state index in [1.165, 1.54) is 51.4 Å². The Morgan fingerprint density at radius 3 is 2.62 bits per heavy atom. The Labute approximate surface area is 101 Å². The standard InChI is InChI=1S/C15H29N/c1-3-16-15(10-9-13-7-8-13)14-6-4-5-12(2)11-14/h12-16H,3-11H2,1-2H3. The van der Waals surface area contributed by atoms with Gasteiger partial charge in [0, 0.05) is 6.04 Å². The maximum atomic E-state index is 3.76. The molecule has 2 aliphatic rings. The van der Waals surface area contributed by atoms with Crippen molar-refractivity contribution in [3.8, 4) is 0 Å². The van der Waals surface area contributed by atoms with Gasteiger partial charge in [0.05, 0.1) is 0 Å². The Morgan fingerprint density at radius 2 is 2.00 bits per heavy atom. The summed E-state index contributed by atoms with van der Waals surface area (Å²) in [5, 5.41) is 3.76. The van der Waals surface area contributed by atoms with Crippen LogP contribution in [0, 0.1) is 17.8 Å². The lowest BCUT2D eigenvalue weighted by Gasteiger charge is -2.34. The molecule has 0 aromatic rings. The van der Waals surface area contributed by atoms with Gasteiger partial charge in [-0.15, -0.1) is 0 Å². The predicted octanol–water partition coefficient (Wildman–Crippen LogP) is 3.98. The fourth-order valence-electron chi connectivity index (χ4n) is 3.43. The highest BCUT2D eigenvalue weighted by atomic mass is 14.9. The van der Waals surface area contributed by atoms with Crippen LogP contribution >= 0.6 is 0 Å². The average molecular weight is 223 g/mol. The van der Waals surface area contributed by atoms with E-state index in [0.29, 0.717) is 0 Å². The van der Waals surface area contributed by atoms with Gasteiger partial charge in [0.2, 0.25) is 0 Å². The van der Waals surface area contributed by atoms with Crippen molar-refractivity contribution >= 4 is 0 Å². The largest absolute Gasteiger partial charge is 0.314 e. The Hall–Kier alpha value is -0.0400. The van der Waals surface area contributed by atoms with Gasteiger partial charge in [0.1, 0.15) is 0 Å². The lowest BCUT2D eigenvalue weighted by molar-refractivity contribution is 0.213. The van der Waals surface area contributed by atoms with Gasteiger partial charge in [-0.1, -0.05) is 39.5 Å². The molecular formula is C15H29N. The van der Waals surface area contributed by atoms with Gasteiger partial charge in [0.15, 0.2) is 0 Å². The van der Waals surface area contributed by atoms with Crippen molar-refractivity contribution in [3.63, 3.8) is 0 Å². The van der Waals surface area contributed by atoms with Crippen LogP contribution in [0.5, 0.6) is 0 Å². The van der Waals surface area contributed by atoms with Crippen molar-refractivity contribution in [1.82, 2.24) is 5.32 Å². The van der Waals surface area contributed by atoms with Crippen molar-refractivity contribution in [2.75, 3.05) is 6.54 Å². The summed E-state index contributed by atoms with van der Waals surface area (Å²) >= 11 is 0. The summed E-state index contributed by atoms with van der Waals surface area (Å²) in [6.45, 7) is 5.85. The molecule has 1 nitrogen and oxygen atoms in total.